The molecular weight excluding hydrogens is 238 g/mol. The normalized spacial score (nSPS) is 13.2. The number of nitrogens with zero attached hydrogens (tertiary/aromatic N) is 4. The molecular formula is C14H23N5. The minimum absolute atomic E-state index is 0.0517. The topological polar surface area (TPSA) is 61.7 Å². The molecule has 0 bridgehead atoms. The number of hydrogen-bond donors (Lipinski definition) is 1. The highest BCUT2D eigenvalue weighted by atomic mass is 15.3. The molecule has 2 aromatic heterocycles. The maximum absolute atomic E-state index is 6.32. The predicted molar refractivity (Wildman–Crippen MR) is 75.9 cm³/mol. The average molecular weight is 261 g/mol. The van der Waals surface area contributed by atoms with E-state index in [-0.39, 0.29) is 6.04 Å². The quantitative estimate of drug-likeness (QED) is 0.916. The second kappa shape index (κ2) is 5.17. The molecule has 0 radical (unpaired) electrons. The van der Waals surface area contributed by atoms with Crippen LogP contribution in [0.3, 0.4) is 0 Å². The third kappa shape index (κ3) is 2.71. The molecule has 1 atom stereocenters. The first-order valence-corrected chi connectivity index (χ1v) is 6.69. The Morgan fingerprint density at radius 1 is 1.26 bits per heavy atom. The summed E-state index contributed by atoms with van der Waals surface area (Å²) >= 11 is 0. The molecule has 0 saturated heterocycles. The molecule has 0 amide bonds. The van der Waals surface area contributed by atoms with Gasteiger partial charge in [0.15, 0.2) is 0 Å². The van der Waals surface area contributed by atoms with Crippen LogP contribution in [0.1, 0.15) is 48.6 Å². The van der Waals surface area contributed by atoms with Crippen molar-refractivity contribution in [1.82, 2.24) is 19.6 Å². The van der Waals surface area contributed by atoms with E-state index in [4.69, 9.17) is 5.73 Å². The van der Waals surface area contributed by atoms with Crippen molar-refractivity contribution in [3.63, 3.8) is 0 Å². The number of hydrogen-bond acceptors (Lipinski definition) is 3. The number of nitrogens with two attached hydrogens (primary N) is 1. The third-order valence-corrected chi connectivity index (χ3v) is 3.56. The molecule has 1 unspecified atom stereocenters. The van der Waals surface area contributed by atoms with Crippen molar-refractivity contribution in [3.8, 4) is 0 Å². The molecule has 19 heavy (non-hydrogen) atoms. The van der Waals surface area contributed by atoms with Gasteiger partial charge in [-0.2, -0.15) is 10.2 Å². The van der Waals surface area contributed by atoms with Gasteiger partial charge < -0.3 is 5.73 Å². The first-order valence-electron chi connectivity index (χ1n) is 6.69. The lowest BCUT2D eigenvalue weighted by molar-refractivity contribution is 0.522. The lowest BCUT2D eigenvalue weighted by atomic mass is 10.0. The van der Waals surface area contributed by atoms with Crippen molar-refractivity contribution in [3.05, 3.63) is 34.9 Å². The molecule has 104 valence electrons. The van der Waals surface area contributed by atoms with Crippen LogP contribution in [0.5, 0.6) is 0 Å². The van der Waals surface area contributed by atoms with E-state index < -0.39 is 0 Å². The van der Waals surface area contributed by atoms with Crippen molar-refractivity contribution in [2.24, 2.45) is 12.8 Å². The zero-order valence-electron chi connectivity index (χ0n) is 12.4. The van der Waals surface area contributed by atoms with E-state index in [1.165, 1.54) is 0 Å². The lowest BCUT2D eigenvalue weighted by Gasteiger charge is -2.11. The molecule has 0 saturated carbocycles. The first kappa shape index (κ1) is 13.8. The molecule has 2 aromatic rings. The van der Waals surface area contributed by atoms with Crippen LogP contribution in [-0.4, -0.2) is 19.6 Å². The zero-order chi connectivity index (χ0) is 14.2. The van der Waals surface area contributed by atoms with E-state index in [0.29, 0.717) is 6.04 Å². The van der Waals surface area contributed by atoms with Crippen LogP contribution in [0.4, 0.5) is 0 Å². The molecule has 2 heterocycles. The fourth-order valence-corrected chi connectivity index (χ4v) is 2.43. The zero-order valence-corrected chi connectivity index (χ0v) is 12.4. The SMILES string of the molecule is Cc1nn(C)c(C)c1C(N)Cc1ccn(C(C)C)n1. The molecule has 5 nitrogen and oxygen atoms in total. The summed E-state index contributed by atoms with van der Waals surface area (Å²) in [5.41, 5.74) is 10.6. The fraction of sp³-hybridized carbons (Fsp3) is 0.571. The van der Waals surface area contributed by atoms with Crippen LogP contribution < -0.4 is 5.73 Å². The van der Waals surface area contributed by atoms with E-state index in [9.17, 15) is 0 Å². The molecule has 2 N–H and O–H groups in total. The lowest BCUT2D eigenvalue weighted by Crippen LogP contribution is -2.16. The van der Waals surface area contributed by atoms with E-state index >= 15 is 0 Å². The van der Waals surface area contributed by atoms with Crippen LogP contribution in [-0.2, 0) is 13.5 Å². The standard InChI is InChI=1S/C14H23N5/c1-9(2)19-7-6-12(17-19)8-13(15)14-10(3)16-18(5)11(14)4/h6-7,9,13H,8,15H2,1-5H3. The molecule has 2 rings (SSSR count). The Morgan fingerprint density at radius 3 is 2.42 bits per heavy atom. The van der Waals surface area contributed by atoms with Crippen LogP contribution in [0.15, 0.2) is 12.3 Å². The van der Waals surface area contributed by atoms with Crippen molar-refractivity contribution in [2.45, 2.75) is 46.2 Å². The van der Waals surface area contributed by atoms with Crippen molar-refractivity contribution >= 4 is 0 Å². The Balaban J connectivity index is 2.18. The largest absolute Gasteiger partial charge is 0.324 e. The Labute approximate surface area is 114 Å². The van der Waals surface area contributed by atoms with E-state index in [1.54, 1.807) is 0 Å². The Kier molecular flexibility index (Phi) is 3.75. The first-order chi connectivity index (χ1) is 8.90. The summed E-state index contributed by atoms with van der Waals surface area (Å²) in [7, 11) is 1.95. The van der Waals surface area contributed by atoms with Crippen LogP contribution in [0, 0.1) is 13.8 Å². The summed E-state index contributed by atoms with van der Waals surface area (Å²) in [4.78, 5) is 0. The molecule has 0 aromatic carbocycles. The van der Waals surface area contributed by atoms with E-state index in [2.05, 4.69) is 31.0 Å². The molecule has 0 aliphatic carbocycles. The van der Waals surface area contributed by atoms with Gasteiger partial charge in [0, 0.05) is 43.0 Å². The van der Waals surface area contributed by atoms with Crippen LogP contribution in [0.25, 0.3) is 0 Å². The number of rotatable bonds is 4. The van der Waals surface area contributed by atoms with Gasteiger partial charge in [-0.05, 0) is 33.8 Å². The highest BCUT2D eigenvalue weighted by molar-refractivity contribution is 5.29. The predicted octanol–water partition coefficient (Wildman–Crippen LogP) is 2.06. The van der Waals surface area contributed by atoms with Crippen LogP contribution >= 0.6 is 0 Å². The van der Waals surface area contributed by atoms with Crippen molar-refractivity contribution in [2.75, 3.05) is 0 Å². The monoisotopic (exact) mass is 261 g/mol. The van der Waals surface area contributed by atoms with Crippen molar-refractivity contribution < 1.29 is 0 Å². The van der Waals surface area contributed by atoms with Gasteiger partial charge in [-0.15, -0.1) is 0 Å². The van der Waals surface area contributed by atoms with Gasteiger partial charge in [-0.25, -0.2) is 0 Å². The minimum atomic E-state index is -0.0517. The maximum atomic E-state index is 6.32. The molecule has 0 spiro atoms. The Hall–Kier alpha value is -1.62. The van der Waals surface area contributed by atoms with Crippen molar-refractivity contribution in [1.29, 1.82) is 0 Å². The Bertz CT molecular complexity index is 564. The van der Waals surface area contributed by atoms with E-state index in [0.717, 1.165) is 29.1 Å². The van der Waals surface area contributed by atoms with Gasteiger partial charge in [-0.1, -0.05) is 0 Å². The fourth-order valence-electron chi connectivity index (χ4n) is 2.43. The molecule has 5 heteroatoms. The average Bonchev–Trinajstić information content (AvgIpc) is 2.85. The smallest absolute Gasteiger partial charge is 0.0644 e. The Morgan fingerprint density at radius 2 is 1.95 bits per heavy atom. The van der Waals surface area contributed by atoms with Gasteiger partial charge in [0.25, 0.3) is 0 Å². The summed E-state index contributed by atoms with van der Waals surface area (Å²) in [6.07, 6.45) is 2.75. The van der Waals surface area contributed by atoms with Crippen LogP contribution in [0.2, 0.25) is 0 Å². The summed E-state index contributed by atoms with van der Waals surface area (Å²) in [6.45, 7) is 8.30. The van der Waals surface area contributed by atoms with Gasteiger partial charge in [0.2, 0.25) is 0 Å². The van der Waals surface area contributed by atoms with Gasteiger partial charge >= 0.3 is 0 Å². The summed E-state index contributed by atoms with van der Waals surface area (Å²) in [5.74, 6) is 0. The molecule has 0 aliphatic rings. The highest BCUT2D eigenvalue weighted by Gasteiger charge is 2.18. The van der Waals surface area contributed by atoms with Gasteiger partial charge in [0.1, 0.15) is 0 Å². The minimum Gasteiger partial charge on any atom is -0.324 e. The number of aromatic nitrogens is 4. The summed E-state index contributed by atoms with van der Waals surface area (Å²) in [6, 6.07) is 2.37. The molecule has 0 fully saturated rings. The second-order valence-electron chi connectivity index (χ2n) is 5.40. The van der Waals surface area contributed by atoms with Gasteiger partial charge in [-0.3, -0.25) is 9.36 Å². The highest BCUT2D eigenvalue weighted by Crippen LogP contribution is 2.22. The third-order valence-electron chi connectivity index (χ3n) is 3.56. The molecule has 0 aliphatic heterocycles. The van der Waals surface area contributed by atoms with Gasteiger partial charge in [0.05, 0.1) is 11.4 Å². The summed E-state index contributed by atoms with van der Waals surface area (Å²) in [5, 5.41) is 8.97. The maximum Gasteiger partial charge on any atom is 0.0644 e. The van der Waals surface area contributed by atoms with E-state index in [1.807, 2.05) is 35.6 Å². The summed E-state index contributed by atoms with van der Waals surface area (Å²) < 4.78 is 3.85. The second-order valence-corrected chi connectivity index (χ2v) is 5.40. The number of aryl methyl sites for hydroxylation is 2.